The highest BCUT2D eigenvalue weighted by molar-refractivity contribution is 5.92. The lowest BCUT2D eigenvalue weighted by Crippen LogP contribution is -2.55. The number of rotatable bonds is 14. The number of ether oxygens (including phenoxy) is 1. The van der Waals surface area contributed by atoms with Crippen LogP contribution in [0.15, 0.2) is 18.2 Å². The minimum Gasteiger partial charge on any atom is -0.508 e. The molecular formula is C32H55N3O5. The van der Waals surface area contributed by atoms with Gasteiger partial charge in [0.15, 0.2) is 0 Å². The SMILES string of the molecule is CCCCCCCCN(C(=O)C(CC(C)C)NC(=O)OC(C)(C)C)C(C(=O)NC(C)(C)C)c1ccc(O)c(C)c1. The van der Waals surface area contributed by atoms with Crippen LogP contribution in [0.5, 0.6) is 5.75 Å². The smallest absolute Gasteiger partial charge is 0.408 e. The topological polar surface area (TPSA) is 108 Å². The van der Waals surface area contributed by atoms with Crippen molar-refractivity contribution in [2.75, 3.05) is 6.54 Å². The van der Waals surface area contributed by atoms with Gasteiger partial charge in [-0.2, -0.15) is 0 Å². The molecule has 1 aromatic carbocycles. The first kappa shape index (κ1) is 35.3. The fourth-order valence-corrected chi connectivity index (χ4v) is 4.53. The van der Waals surface area contributed by atoms with Gasteiger partial charge >= 0.3 is 6.09 Å². The first-order valence-corrected chi connectivity index (χ1v) is 14.9. The number of nitrogens with zero attached hydrogens (tertiary/aromatic N) is 1. The van der Waals surface area contributed by atoms with E-state index in [1.54, 1.807) is 50.8 Å². The molecular weight excluding hydrogens is 506 g/mol. The molecule has 228 valence electrons. The molecule has 2 unspecified atom stereocenters. The molecule has 0 aliphatic carbocycles. The van der Waals surface area contributed by atoms with Gasteiger partial charge in [0.1, 0.15) is 23.4 Å². The van der Waals surface area contributed by atoms with Gasteiger partial charge in [-0.15, -0.1) is 0 Å². The van der Waals surface area contributed by atoms with Crippen LogP contribution in [0.25, 0.3) is 0 Å². The number of alkyl carbamates (subject to hydrolysis) is 1. The van der Waals surface area contributed by atoms with E-state index in [0.29, 0.717) is 24.1 Å². The molecule has 1 rings (SSSR count). The lowest BCUT2D eigenvalue weighted by Gasteiger charge is -2.36. The maximum Gasteiger partial charge on any atom is 0.408 e. The van der Waals surface area contributed by atoms with Crippen molar-refractivity contribution in [2.24, 2.45) is 5.92 Å². The Labute approximate surface area is 242 Å². The van der Waals surface area contributed by atoms with E-state index in [4.69, 9.17) is 4.74 Å². The number of carbonyl (C=O) groups is 3. The predicted molar refractivity (Wildman–Crippen MR) is 161 cm³/mol. The van der Waals surface area contributed by atoms with Gasteiger partial charge in [-0.1, -0.05) is 58.9 Å². The van der Waals surface area contributed by atoms with Gasteiger partial charge in [0.2, 0.25) is 11.8 Å². The number of carbonyl (C=O) groups excluding carboxylic acids is 3. The second-order valence-electron chi connectivity index (χ2n) is 13.3. The Morgan fingerprint density at radius 1 is 0.975 bits per heavy atom. The van der Waals surface area contributed by atoms with Gasteiger partial charge in [-0.05, 0) is 90.5 Å². The molecule has 0 heterocycles. The number of aryl methyl sites for hydroxylation is 1. The molecule has 2 atom stereocenters. The summed E-state index contributed by atoms with van der Waals surface area (Å²) in [6, 6.07) is 3.20. The second-order valence-corrected chi connectivity index (χ2v) is 13.3. The predicted octanol–water partition coefficient (Wildman–Crippen LogP) is 6.78. The number of hydrogen-bond acceptors (Lipinski definition) is 5. The van der Waals surface area contributed by atoms with Crippen molar-refractivity contribution in [3.05, 3.63) is 29.3 Å². The Morgan fingerprint density at radius 2 is 1.57 bits per heavy atom. The Morgan fingerprint density at radius 3 is 2.10 bits per heavy atom. The van der Waals surface area contributed by atoms with Gasteiger partial charge in [-0.3, -0.25) is 9.59 Å². The summed E-state index contributed by atoms with van der Waals surface area (Å²) in [7, 11) is 0. The summed E-state index contributed by atoms with van der Waals surface area (Å²) in [6.07, 6.45) is 5.89. The van der Waals surface area contributed by atoms with Gasteiger partial charge < -0.3 is 25.4 Å². The maximum absolute atomic E-state index is 14.3. The average Bonchev–Trinajstić information content (AvgIpc) is 2.79. The van der Waals surface area contributed by atoms with Crippen LogP contribution in [0, 0.1) is 12.8 Å². The Bertz CT molecular complexity index is 962. The quantitative estimate of drug-likeness (QED) is 0.217. The van der Waals surface area contributed by atoms with Crippen molar-refractivity contribution in [1.29, 1.82) is 0 Å². The number of hydrogen-bond donors (Lipinski definition) is 3. The Hall–Kier alpha value is -2.77. The van der Waals surface area contributed by atoms with Crippen LogP contribution in [-0.2, 0) is 14.3 Å². The fourth-order valence-electron chi connectivity index (χ4n) is 4.53. The first-order valence-electron chi connectivity index (χ1n) is 14.9. The highest BCUT2D eigenvalue weighted by atomic mass is 16.6. The van der Waals surface area contributed by atoms with E-state index in [1.165, 1.54) is 6.42 Å². The highest BCUT2D eigenvalue weighted by Gasteiger charge is 2.37. The summed E-state index contributed by atoms with van der Waals surface area (Å²) >= 11 is 0. The van der Waals surface area contributed by atoms with Gasteiger partial charge in [0.05, 0.1) is 0 Å². The van der Waals surface area contributed by atoms with E-state index in [0.717, 1.165) is 32.1 Å². The molecule has 40 heavy (non-hydrogen) atoms. The lowest BCUT2D eigenvalue weighted by molar-refractivity contribution is -0.143. The van der Waals surface area contributed by atoms with Crippen molar-refractivity contribution < 1.29 is 24.2 Å². The zero-order valence-corrected chi connectivity index (χ0v) is 26.6. The third kappa shape index (κ3) is 13.1. The number of benzene rings is 1. The van der Waals surface area contributed by atoms with Gasteiger partial charge in [0.25, 0.3) is 0 Å². The summed E-state index contributed by atoms with van der Waals surface area (Å²) in [6.45, 7) is 19.3. The van der Waals surface area contributed by atoms with Crippen LogP contribution < -0.4 is 10.6 Å². The van der Waals surface area contributed by atoms with E-state index >= 15 is 0 Å². The molecule has 0 aliphatic heterocycles. The van der Waals surface area contributed by atoms with Crippen molar-refractivity contribution in [1.82, 2.24) is 15.5 Å². The lowest BCUT2D eigenvalue weighted by atomic mass is 9.96. The van der Waals surface area contributed by atoms with Crippen LogP contribution in [0.4, 0.5) is 4.79 Å². The Balaban J connectivity index is 3.53. The van der Waals surface area contributed by atoms with Crippen LogP contribution in [0.2, 0.25) is 0 Å². The molecule has 3 N–H and O–H groups in total. The minimum absolute atomic E-state index is 0.109. The number of phenolic OH excluding ortho intramolecular Hbond substituents is 1. The normalized spacial score (nSPS) is 13.5. The van der Waals surface area contributed by atoms with Crippen LogP contribution in [0.3, 0.4) is 0 Å². The second kappa shape index (κ2) is 15.9. The van der Waals surface area contributed by atoms with Gasteiger partial charge in [-0.25, -0.2) is 4.79 Å². The van der Waals surface area contributed by atoms with E-state index in [2.05, 4.69) is 17.6 Å². The fraction of sp³-hybridized carbons (Fsp3) is 0.719. The summed E-state index contributed by atoms with van der Waals surface area (Å²) < 4.78 is 5.48. The summed E-state index contributed by atoms with van der Waals surface area (Å²) in [5, 5.41) is 16.0. The van der Waals surface area contributed by atoms with Crippen molar-refractivity contribution in [3.63, 3.8) is 0 Å². The monoisotopic (exact) mass is 561 g/mol. The molecule has 0 bridgehead atoms. The first-order chi connectivity index (χ1) is 18.4. The van der Waals surface area contributed by atoms with Crippen LogP contribution in [-0.4, -0.2) is 51.6 Å². The summed E-state index contributed by atoms with van der Waals surface area (Å²) in [5.74, 6) is -0.403. The Kier molecular flexibility index (Phi) is 14.0. The van der Waals surface area contributed by atoms with E-state index in [-0.39, 0.29) is 23.5 Å². The molecule has 3 amide bonds. The number of nitrogens with one attached hydrogen (secondary N) is 2. The molecule has 0 saturated carbocycles. The summed E-state index contributed by atoms with van der Waals surface area (Å²) in [4.78, 5) is 42.5. The number of aromatic hydroxyl groups is 1. The third-order valence-electron chi connectivity index (χ3n) is 6.33. The average molecular weight is 562 g/mol. The molecule has 0 saturated heterocycles. The number of phenols is 1. The zero-order chi connectivity index (χ0) is 30.7. The van der Waals surface area contributed by atoms with Crippen molar-refractivity contribution in [3.8, 4) is 5.75 Å². The molecule has 8 nitrogen and oxygen atoms in total. The number of unbranched alkanes of at least 4 members (excludes halogenated alkanes) is 5. The van der Waals surface area contributed by atoms with Crippen LogP contribution >= 0.6 is 0 Å². The van der Waals surface area contributed by atoms with Crippen molar-refractivity contribution >= 4 is 17.9 Å². The van der Waals surface area contributed by atoms with Crippen LogP contribution in [0.1, 0.15) is 124 Å². The summed E-state index contributed by atoms with van der Waals surface area (Å²) in [5.41, 5.74) is -0.0187. The van der Waals surface area contributed by atoms with Gasteiger partial charge in [0, 0.05) is 12.1 Å². The van der Waals surface area contributed by atoms with E-state index < -0.39 is 29.3 Å². The van der Waals surface area contributed by atoms with E-state index in [1.807, 2.05) is 34.6 Å². The number of amides is 3. The molecule has 0 radical (unpaired) electrons. The highest BCUT2D eigenvalue weighted by Crippen LogP contribution is 2.29. The molecule has 0 aliphatic rings. The third-order valence-corrected chi connectivity index (χ3v) is 6.33. The minimum atomic E-state index is -0.934. The molecule has 8 heteroatoms. The van der Waals surface area contributed by atoms with E-state index in [9.17, 15) is 19.5 Å². The molecule has 0 aromatic heterocycles. The molecule has 1 aromatic rings. The largest absolute Gasteiger partial charge is 0.508 e. The van der Waals surface area contributed by atoms with Crippen molar-refractivity contribution in [2.45, 2.75) is 137 Å². The molecule has 0 fully saturated rings. The zero-order valence-electron chi connectivity index (χ0n) is 26.6. The maximum atomic E-state index is 14.3. The molecule has 0 spiro atoms. The standard InChI is InChI=1S/C32H55N3O5/c1-11-12-13-14-15-16-19-35(29(38)25(20-22(2)3)33-30(39)40-32(8,9)10)27(28(37)34-31(5,6)7)24-17-18-26(36)23(4)21-24/h17-18,21-22,25,27,36H,11-16,19-20H2,1-10H3,(H,33,39)(H,34,37).